The Morgan fingerprint density at radius 3 is 2.75 bits per heavy atom. The summed E-state index contributed by atoms with van der Waals surface area (Å²) in [4.78, 5) is 24.7. The molecule has 0 amide bonds. The number of piperidine rings is 1. The van der Waals surface area contributed by atoms with E-state index in [-0.39, 0.29) is 29.2 Å². The second kappa shape index (κ2) is 10.7. The van der Waals surface area contributed by atoms with Gasteiger partial charge in [0, 0.05) is 32.7 Å². The third kappa shape index (κ3) is 5.11. The molecule has 0 bridgehead atoms. The van der Waals surface area contributed by atoms with Crippen molar-refractivity contribution < 1.29 is 9.13 Å². The minimum absolute atomic E-state index is 0.0186. The standard InChI is InChI=1S/C25H37FN8O2/c1-4-6-16-13-17(36-15-20(31-27)32-28)14-19(26)21(16)25(2)8-11-34(12-9-25)24-29-22-18(23(35)30-24)7-5-10-33(22)3/h13-14H,4-12,15,27-28H2,1-3H3,(H,31,32)(H,29,30,35). The van der Waals surface area contributed by atoms with Crippen molar-refractivity contribution in [1.29, 1.82) is 0 Å². The molecule has 3 heterocycles. The van der Waals surface area contributed by atoms with Gasteiger partial charge >= 0.3 is 0 Å². The van der Waals surface area contributed by atoms with Gasteiger partial charge in [0.15, 0.2) is 5.84 Å². The molecule has 1 fully saturated rings. The molecule has 10 nitrogen and oxygen atoms in total. The van der Waals surface area contributed by atoms with Crippen LogP contribution >= 0.6 is 0 Å². The molecule has 36 heavy (non-hydrogen) atoms. The molecule has 1 aromatic carbocycles. The summed E-state index contributed by atoms with van der Waals surface area (Å²) in [6, 6.07) is 3.33. The van der Waals surface area contributed by atoms with E-state index < -0.39 is 0 Å². The topological polar surface area (TPSA) is 138 Å². The van der Waals surface area contributed by atoms with Crippen molar-refractivity contribution in [1.82, 2.24) is 15.4 Å². The fourth-order valence-electron chi connectivity index (χ4n) is 5.36. The maximum atomic E-state index is 15.6. The van der Waals surface area contributed by atoms with Gasteiger partial charge in [-0.15, -0.1) is 0 Å². The zero-order valence-electron chi connectivity index (χ0n) is 21.4. The molecule has 2 aromatic rings. The number of nitrogens with zero attached hydrogens (tertiary/aromatic N) is 4. The Hall–Kier alpha value is -3.34. The third-order valence-corrected chi connectivity index (χ3v) is 7.40. The van der Waals surface area contributed by atoms with Gasteiger partial charge in [-0.3, -0.25) is 9.78 Å². The number of halogens is 1. The van der Waals surface area contributed by atoms with Gasteiger partial charge in [0.1, 0.15) is 24.0 Å². The molecule has 1 aromatic heterocycles. The summed E-state index contributed by atoms with van der Waals surface area (Å²) in [5.41, 5.74) is 4.39. The lowest BCUT2D eigenvalue weighted by Crippen LogP contribution is -2.43. The second-order valence-electron chi connectivity index (χ2n) is 9.96. The molecular weight excluding hydrogens is 463 g/mol. The Kier molecular flexibility index (Phi) is 7.67. The van der Waals surface area contributed by atoms with Crippen LogP contribution in [0, 0.1) is 5.82 Å². The summed E-state index contributed by atoms with van der Waals surface area (Å²) in [7, 11) is 1.98. The van der Waals surface area contributed by atoms with Crippen molar-refractivity contribution >= 4 is 17.6 Å². The van der Waals surface area contributed by atoms with Crippen LogP contribution in [0.4, 0.5) is 16.2 Å². The molecule has 0 unspecified atom stereocenters. The summed E-state index contributed by atoms with van der Waals surface area (Å²) in [6.07, 6.45) is 4.80. The van der Waals surface area contributed by atoms with Gasteiger partial charge in [0.05, 0.1) is 5.56 Å². The van der Waals surface area contributed by atoms with Crippen LogP contribution in [0.15, 0.2) is 22.0 Å². The highest BCUT2D eigenvalue weighted by Crippen LogP contribution is 2.41. The van der Waals surface area contributed by atoms with Crippen LogP contribution in [0.5, 0.6) is 5.75 Å². The number of amidine groups is 1. The Morgan fingerprint density at radius 1 is 1.33 bits per heavy atom. The summed E-state index contributed by atoms with van der Waals surface area (Å²) in [6.45, 7) is 6.45. The van der Waals surface area contributed by atoms with Crippen molar-refractivity contribution in [2.45, 2.75) is 57.8 Å². The fourth-order valence-corrected chi connectivity index (χ4v) is 5.36. The number of rotatable bonds is 7. The number of ether oxygens (including phenoxy) is 1. The van der Waals surface area contributed by atoms with Gasteiger partial charge in [-0.05, 0) is 54.7 Å². The van der Waals surface area contributed by atoms with Crippen LogP contribution in [-0.2, 0) is 18.3 Å². The van der Waals surface area contributed by atoms with Crippen LogP contribution in [0.3, 0.4) is 0 Å². The number of hydrogen-bond donors (Lipinski definition) is 4. The molecule has 0 spiro atoms. The van der Waals surface area contributed by atoms with Crippen LogP contribution in [0.2, 0.25) is 0 Å². The number of H-pyrrole nitrogens is 1. The molecular formula is C25H37FN8O2. The molecule has 0 aliphatic carbocycles. The largest absolute Gasteiger partial charge is 0.485 e. The molecule has 0 saturated carbocycles. The first kappa shape index (κ1) is 25.7. The van der Waals surface area contributed by atoms with E-state index in [0.29, 0.717) is 24.8 Å². The lowest BCUT2D eigenvalue weighted by atomic mass is 9.72. The van der Waals surface area contributed by atoms with Crippen molar-refractivity contribution in [3.8, 4) is 5.75 Å². The number of nitrogens with two attached hydrogens (primary N) is 2. The zero-order valence-corrected chi connectivity index (χ0v) is 21.4. The molecule has 0 radical (unpaired) electrons. The zero-order chi connectivity index (χ0) is 25.9. The predicted octanol–water partition coefficient (Wildman–Crippen LogP) is 1.92. The van der Waals surface area contributed by atoms with E-state index >= 15 is 4.39 Å². The normalized spacial score (nSPS) is 17.6. The van der Waals surface area contributed by atoms with Gasteiger partial charge in [0.2, 0.25) is 5.95 Å². The Bertz CT molecular complexity index is 1170. The van der Waals surface area contributed by atoms with Crippen LogP contribution in [0.25, 0.3) is 0 Å². The number of aromatic nitrogens is 2. The predicted molar refractivity (Wildman–Crippen MR) is 140 cm³/mol. The first-order valence-electron chi connectivity index (χ1n) is 12.6. The van der Waals surface area contributed by atoms with E-state index in [1.807, 2.05) is 18.0 Å². The minimum Gasteiger partial charge on any atom is -0.485 e. The van der Waals surface area contributed by atoms with Gasteiger partial charge in [0.25, 0.3) is 5.56 Å². The van der Waals surface area contributed by atoms with Crippen molar-refractivity contribution in [3.63, 3.8) is 0 Å². The van der Waals surface area contributed by atoms with E-state index in [4.69, 9.17) is 21.4 Å². The third-order valence-electron chi connectivity index (χ3n) is 7.40. The highest BCUT2D eigenvalue weighted by Gasteiger charge is 2.37. The summed E-state index contributed by atoms with van der Waals surface area (Å²) in [5, 5.41) is 3.50. The molecule has 1 saturated heterocycles. The molecule has 2 aliphatic rings. The monoisotopic (exact) mass is 500 g/mol. The van der Waals surface area contributed by atoms with E-state index in [1.54, 1.807) is 0 Å². The van der Waals surface area contributed by atoms with E-state index in [1.165, 1.54) is 6.07 Å². The number of aryl methyl sites for hydroxylation is 1. The number of benzene rings is 1. The first-order chi connectivity index (χ1) is 17.3. The number of nitrogens with one attached hydrogen (secondary N) is 2. The van der Waals surface area contributed by atoms with Gasteiger partial charge in [-0.25, -0.2) is 10.2 Å². The Labute approximate surface area is 210 Å². The minimum atomic E-state index is -0.350. The number of aromatic amines is 1. The lowest BCUT2D eigenvalue weighted by molar-refractivity contribution is 0.338. The van der Waals surface area contributed by atoms with Crippen LogP contribution in [-0.4, -0.2) is 49.1 Å². The van der Waals surface area contributed by atoms with Gasteiger partial charge in [-0.1, -0.05) is 20.3 Å². The Balaban J connectivity index is 1.55. The highest BCUT2D eigenvalue weighted by molar-refractivity contribution is 5.82. The Morgan fingerprint density at radius 2 is 2.08 bits per heavy atom. The molecule has 0 atom stereocenters. The molecule has 6 N–H and O–H groups in total. The number of hydrogen-bond acceptors (Lipinski definition) is 8. The lowest BCUT2D eigenvalue weighted by Gasteiger charge is -2.41. The van der Waals surface area contributed by atoms with Crippen LogP contribution < -0.4 is 37.2 Å². The fraction of sp³-hybridized carbons (Fsp3) is 0.560. The van der Waals surface area contributed by atoms with Gasteiger partial charge in [-0.2, -0.15) is 10.1 Å². The highest BCUT2D eigenvalue weighted by atomic mass is 19.1. The van der Waals surface area contributed by atoms with E-state index in [9.17, 15) is 4.79 Å². The number of fused-ring (bicyclic) bond motifs is 1. The van der Waals surface area contributed by atoms with Crippen molar-refractivity contribution in [2.24, 2.45) is 16.8 Å². The van der Waals surface area contributed by atoms with E-state index in [2.05, 4.69) is 34.3 Å². The summed E-state index contributed by atoms with van der Waals surface area (Å²) in [5.74, 6) is 12.4. The average Bonchev–Trinajstić information content (AvgIpc) is 2.85. The van der Waals surface area contributed by atoms with Crippen molar-refractivity contribution in [3.05, 3.63) is 45.0 Å². The maximum Gasteiger partial charge on any atom is 0.257 e. The van der Waals surface area contributed by atoms with Crippen molar-refractivity contribution in [2.75, 3.05) is 43.1 Å². The number of anilines is 2. The van der Waals surface area contributed by atoms with Crippen LogP contribution in [0.1, 0.15) is 56.2 Å². The first-order valence-corrected chi connectivity index (χ1v) is 12.6. The second-order valence-corrected chi connectivity index (χ2v) is 9.96. The maximum absolute atomic E-state index is 15.6. The summed E-state index contributed by atoms with van der Waals surface area (Å²) < 4.78 is 21.3. The molecule has 2 aliphatic heterocycles. The quantitative estimate of drug-likeness (QED) is 0.196. The average molecular weight is 501 g/mol. The number of hydrazone groups is 1. The molecule has 196 valence electrons. The van der Waals surface area contributed by atoms with Gasteiger partial charge < -0.3 is 25.8 Å². The summed E-state index contributed by atoms with van der Waals surface area (Å²) >= 11 is 0. The SMILES string of the molecule is CCCc1cc(OC/C(=N/N)NN)cc(F)c1C1(C)CCN(c2nc3c(c(=O)[nH]2)CCCN3C)CC1. The number of hydrazine groups is 1. The van der Waals surface area contributed by atoms with E-state index in [0.717, 1.165) is 67.6 Å². The molecule has 4 rings (SSSR count). The smallest absolute Gasteiger partial charge is 0.257 e. The molecule has 11 heteroatoms.